The highest BCUT2D eigenvalue weighted by Gasteiger charge is 2.18. The fraction of sp³-hybridized carbons (Fsp3) is 0.188. The standard InChI is InChI=1S/C16H16BrIN2O/c1-2-20(10-11-5-3-4-6-15(11)19)16(21)13-9-12(18)7-8-14(13)17/h3-9H,2,10,19H2,1H3. The predicted octanol–water partition coefficient (Wildman–Crippen LogP) is 4.30. The van der Waals surface area contributed by atoms with Gasteiger partial charge in [0.05, 0.1) is 5.56 Å². The molecule has 2 aromatic carbocycles. The van der Waals surface area contributed by atoms with E-state index in [1.807, 2.05) is 49.4 Å². The maximum Gasteiger partial charge on any atom is 0.255 e. The van der Waals surface area contributed by atoms with Crippen LogP contribution in [0.2, 0.25) is 0 Å². The van der Waals surface area contributed by atoms with Crippen LogP contribution in [-0.4, -0.2) is 17.4 Å². The molecule has 2 rings (SSSR count). The van der Waals surface area contributed by atoms with E-state index < -0.39 is 0 Å². The molecule has 5 heteroatoms. The smallest absolute Gasteiger partial charge is 0.255 e. The molecule has 0 aliphatic heterocycles. The summed E-state index contributed by atoms with van der Waals surface area (Å²) in [5, 5.41) is 0. The number of carbonyl (C=O) groups excluding carboxylic acids is 1. The van der Waals surface area contributed by atoms with E-state index in [0.29, 0.717) is 24.3 Å². The number of hydrogen-bond acceptors (Lipinski definition) is 2. The Hall–Kier alpha value is -1.08. The Balaban J connectivity index is 2.27. The zero-order valence-corrected chi connectivity index (χ0v) is 15.4. The molecule has 0 aliphatic rings. The zero-order chi connectivity index (χ0) is 15.4. The van der Waals surface area contributed by atoms with Gasteiger partial charge in [-0.05, 0) is 75.3 Å². The summed E-state index contributed by atoms with van der Waals surface area (Å²) in [5.74, 6) is 0.00569. The number of rotatable bonds is 4. The number of nitrogens with zero attached hydrogens (tertiary/aromatic N) is 1. The number of anilines is 1. The first kappa shape index (κ1) is 16.3. The van der Waals surface area contributed by atoms with Crippen LogP contribution in [0.1, 0.15) is 22.8 Å². The number of carbonyl (C=O) groups is 1. The number of hydrogen-bond donors (Lipinski definition) is 1. The fourth-order valence-corrected chi connectivity index (χ4v) is 2.95. The molecule has 2 N–H and O–H groups in total. The van der Waals surface area contributed by atoms with Crippen molar-refractivity contribution in [3.8, 4) is 0 Å². The molecule has 0 radical (unpaired) electrons. The van der Waals surface area contributed by atoms with Crippen molar-refractivity contribution in [1.82, 2.24) is 4.90 Å². The monoisotopic (exact) mass is 458 g/mol. The number of halogens is 2. The van der Waals surface area contributed by atoms with Crippen LogP contribution in [0.4, 0.5) is 5.69 Å². The Kier molecular flexibility index (Phi) is 5.64. The maximum atomic E-state index is 12.7. The van der Waals surface area contributed by atoms with Gasteiger partial charge < -0.3 is 10.6 Å². The van der Waals surface area contributed by atoms with E-state index in [-0.39, 0.29) is 5.91 Å². The number of nitrogen functional groups attached to an aromatic ring is 1. The molecule has 0 saturated carbocycles. The number of benzene rings is 2. The first-order valence-corrected chi connectivity index (χ1v) is 8.47. The van der Waals surface area contributed by atoms with Crippen LogP contribution in [-0.2, 0) is 6.54 Å². The lowest BCUT2D eigenvalue weighted by Gasteiger charge is -2.22. The summed E-state index contributed by atoms with van der Waals surface area (Å²) in [4.78, 5) is 14.5. The van der Waals surface area contributed by atoms with Crippen molar-refractivity contribution in [2.45, 2.75) is 13.5 Å². The largest absolute Gasteiger partial charge is 0.398 e. The quantitative estimate of drug-likeness (QED) is 0.548. The first-order valence-electron chi connectivity index (χ1n) is 6.60. The summed E-state index contributed by atoms with van der Waals surface area (Å²) in [5.41, 5.74) is 8.33. The van der Waals surface area contributed by atoms with E-state index in [0.717, 1.165) is 13.6 Å². The normalized spacial score (nSPS) is 10.4. The fourth-order valence-electron chi connectivity index (χ4n) is 2.04. The highest BCUT2D eigenvalue weighted by atomic mass is 127. The van der Waals surface area contributed by atoms with Gasteiger partial charge in [0.2, 0.25) is 0 Å². The van der Waals surface area contributed by atoms with Crippen molar-refractivity contribution in [1.29, 1.82) is 0 Å². The van der Waals surface area contributed by atoms with Crippen LogP contribution < -0.4 is 5.73 Å². The van der Waals surface area contributed by atoms with Crippen LogP contribution >= 0.6 is 38.5 Å². The molecule has 0 aliphatic carbocycles. The molecule has 0 saturated heterocycles. The van der Waals surface area contributed by atoms with Crippen LogP contribution in [0.15, 0.2) is 46.9 Å². The lowest BCUT2D eigenvalue weighted by molar-refractivity contribution is 0.0752. The van der Waals surface area contributed by atoms with E-state index in [9.17, 15) is 4.79 Å². The van der Waals surface area contributed by atoms with Gasteiger partial charge in [0.25, 0.3) is 5.91 Å². The van der Waals surface area contributed by atoms with Crippen LogP contribution in [0.3, 0.4) is 0 Å². The SMILES string of the molecule is CCN(Cc1ccccc1N)C(=O)c1cc(I)ccc1Br. The van der Waals surface area contributed by atoms with Gasteiger partial charge in [0.15, 0.2) is 0 Å². The van der Waals surface area contributed by atoms with E-state index >= 15 is 0 Å². The van der Waals surface area contributed by atoms with Gasteiger partial charge in [0.1, 0.15) is 0 Å². The summed E-state index contributed by atoms with van der Waals surface area (Å²) in [6, 6.07) is 13.4. The van der Waals surface area contributed by atoms with Crippen molar-refractivity contribution in [2.75, 3.05) is 12.3 Å². The van der Waals surface area contributed by atoms with Crippen molar-refractivity contribution in [3.05, 3.63) is 61.6 Å². The summed E-state index contributed by atoms with van der Waals surface area (Å²) >= 11 is 5.66. The van der Waals surface area contributed by atoms with Crippen molar-refractivity contribution in [2.24, 2.45) is 0 Å². The van der Waals surface area contributed by atoms with Gasteiger partial charge >= 0.3 is 0 Å². The molecule has 1 amide bonds. The maximum absolute atomic E-state index is 12.7. The molecule has 21 heavy (non-hydrogen) atoms. The topological polar surface area (TPSA) is 46.3 Å². The first-order chi connectivity index (χ1) is 10.0. The lowest BCUT2D eigenvalue weighted by Crippen LogP contribution is -2.31. The van der Waals surface area contributed by atoms with Gasteiger partial charge in [-0.2, -0.15) is 0 Å². The third-order valence-corrected chi connectivity index (χ3v) is 4.61. The number of para-hydroxylation sites is 1. The Morgan fingerprint density at radius 1 is 1.29 bits per heavy atom. The van der Waals surface area contributed by atoms with E-state index in [1.165, 1.54) is 0 Å². The molecule has 0 unspecified atom stereocenters. The Labute approximate surface area is 146 Å². The summed E-state index contributed by atoms with van der Waals surface area (Å²) in [7, 11) is 0. The Bertz CT molecular complexity index is 660. The van der Waals surface area contributed by atoms with E-state index in [2.05, 4.69) is 38.5 Å². The third kappa shape index (κ3) is 3.97. The minimum Gasteiger partial charge on any atom is -0.398 e. The lowest BCUT2D eigenvalue weighted by atomic mass is 10.1. The molecule has 0 atom stereocenters. The zero-order valence-electron chi connectivity index (χ0n) is 11.6. The summed E-state index contributed by atoms with van der Waals surface area (Å²) in [6.07, 6.45) is 0. The van der Waals surface area contributed by atoms with Gasteiger partial charge in [-0.3, -0.25) is 4.79 Å². The molecule has 0 bridgehead atoms. The Morgan fingerprint density at radius 2 is 2.00 bits per heavy atom. The average Bonchev–Trinajstić information content (AvgIpc) is 2.48. The van der Waals surface area contributed by atoms with Crippen LogP contribution in [0.5, 0.6) is 0 Å². The van der Waals surface area contributed by atoms with Crippen molar-refractivity contribution < 1.29 is 4.79 Å². The molecule has 0 heterocycles. The average molecular weight is 459 g/mol. The molecular formula is C16H16BrIN2O. The molecule has 2 aromatic rings. The molecular weight excluding hydrogens is 443 g/mol. The van der Waals surface area contributed by atoms with Gasteiger partial charge in [-0.25, -0.2) is 0 Å². The van der Waals surface area contributed by atoms with E-state index in [1.54, 1.807) is 4.90 Å². The Morgan fingerprint density at radius 3 is 2.67 bits per heavy atom. The molecule has 3 nitrogen and oxygen atoms in total. The van der Waals surface area contributed by atoms with Crippen LogP contribution in [0.25, 0.3) is 0 Å². The van der Waals surface area contributed by atoms with E-state index in [4.69, 9.17) is 5.73 Å². The third-order valence-electron chi connectivity index (χ3n) is 3.24. The van der Waals surface area contributed by atoms with Crippen molar-refractivity contribution in [3.63, 3.8) is 0 Å². The van der Waals surface area contributed by atoms with Gasteiger partial charge in [0, 0.05) is 26.8 Å². The van der Waals surface area contributed by atoms with Gasteiger partial charge in [-0.1, -0.05) is 18.2 Å². The second-order valence-corrected chi connectivity index (χ2v) is 6.74. The molecule has 0 aromatic heterocycles. The summed E-state index contributed by atoms with van der Waals surface area (Å²) < 4.78 is 1.85. The second-order valence-electron chi connectivity index (χ2n) is 4.64. The number of nitrogens with two attached hydrogens (primary N) is 1. The number of amides is 1. The predicted molar refractivity (Wildman–Crippen MR) is 98.1 cm³/mol. The molecule has 0 spiro atoms. The molecule has 0 fully saturated rings. The molecule has 110 valence electrons. The highest BCUT2D eigenvalue weighted by molar-refractivity contribution is 14.1. The van der Waals surface area contributed by atoms with Gasteiger partial charge in [-0.15, -0.1) is 0 Å². The highest BCUT2D eigenvalue weighted by Crippen LogP contribution is 2.22. The minimum absolute atomic E-state index is 0.00569. The minimum atomic E-state index is 0.00569. The summed E-state index contributed by atoms with van der Waals surface area (Å²) in [6.45, 7) is 3.11. The van der Waals surface area contributed by atoms with Crippen molar-refractivity contribution >= 4 is 50.1 Å². The second kappa shape index (κ2) is 7.26. The van der Waals surface area contributed by atoms with Crippen LogP contribution in [0, 0.1) is 3.57 Å².